The number of pyridine rings is 4. The van der Waals surface area contributed by atoms with Crippen molar-refractivity contribution in [1.82, 2.24) is 39.0 Å². The summed E-state index contributed by atoms with van der Waals surface area (Å²) >= 11 is 0. The van der Waals surface area contributed by atoms with Gasteiger partial charge in [0.2, 0.25) is 0 Å². The number of aryl methyl sites for hydroxylation is 1. The Bertz CT molecular complexity index is 8300. The maximum atomic E-state index is 10.6. The molecule has 0 aliphatic carbocycles. The molecule has 6 aromatic heterocycles. The number of allylic oxidation sites excluding steroid dienone is 2. The van der Waals surface area contributed by atoms with Crippen molar-refractivity contribution in [1.29, 1.82) is 0 Å². The fourth-order valence-corrected chi connectivity index (χ4v) is 18.6. The Hall–Kier alpha value is -14.3. The number of aliphatic imine (C=N–C) groups is 2. The Balaban J connectivity index is 0.000000148. The predicted octanol–water partition coefficient (Wildman–Crippen LogP) is 33.0. The van der Waals surface area contributed by atoms with Gasteiger partial charge in [0.15, 0.2) is 0 Å². The van der Waals surface area contributed by atoms with Crippen LogP contribution < -0.4 is 0 Å². The van der Waals surface area contributed by atoms with E-state index in [2.05, 4.69) is 267 Å². The standard InChI is InChI=1S/2C36H32N3O.C34H33N2O.C25H17N2O.4Pt/c1-23(2)27-20-28(24(3)4)22-29(21-27)39-34-17-7-6-14-33(34)38-36(39)26-12-9-11-25(19-26)31-15-10-16-32(37-31)30-13-5-8-18-35(30)40;1-23(2)26-20-27(24(3)4)22-28(21-26)39-33-18-10-15-30(35(33)38-36(39)25-12-6-5-7-13-25)32-17-11-16-31(37-32)29-14-8-9-19-34(29)40;1-21(2)26-18-27(22(3)4)20-28(19-26)33-23(5)16-31(29-12-6-7-14-32(29)37)36-34(33)25-11-8-10-24(17-25)30-13-9-15-35-30;28-25-16-18-7-2-1-6-17(18)15-21(25)24-11-4-10-23(27-24)20-9-3-8-19(14-20)22-12-5-13-26-22;;;;/h5-18,20-24,40H,1-4H3;5-12,14-24,40H,1-4H3;6-12,14-16,18-22,37H,13H2,1-5H3;1-11,13,15-16,28H,12H2;;;;/q4*-1;;;;. The van der Waals surface area contributed by atoms with Crippen LogP contribution in [-0.2, 0) is 84.3 Å². The molecule has 2 aliphatic heterocycles. The van der Waals surface area contributed by atoms with Crippen LogP contribution in [0.15, 0.2) is 380 Å². The largest absolute Gasteiger partial charge is 0.507 e. The van der Waals surface area contributed by atoms with Crippen molar-refractivity contribution in [3.63, 3.8) is 0 Å². The minimum absolute atomic E-state index is 0. The summed E-state index contributed by atoms with van der Waals surface area (Å²) in [4.78, 5) is 39.1. The van der Waals surface area contributed by atoms with Crippen LogP contribution in [0, 0.1) is 31.2 Å². The number of aromatic nitrogens is 8. The average molecular weight is 2670 g/mol. The van der Waals surface area contributed by atoms with Crippen LogP contribution in [0.25, 0.3) is 168 Å². The molecule has 0 amide bonds. The number of hydrogen-bond donors (Lipinski definition) is 4. The summed E-state index contributed by atoms with van der Waals surface area (Å²) in [5.74, 6) is 5.01. The van der Waals surface area contributed by atoms with Gasteiger partial charge in [-0.1, -0.05) is 263 Å². The molecule has 4 N–H and O–H groups in total. The van der Waals surface area contributed by atoms with E-state index in [0.717, 1.165) is 192 Å². The Labute approximate surface area is 931 Å². The van der Waals surface area contributed by atoms with Gasteiger partial charge < -0.3 is 29.6 Å². The SMILES string of the molecule is CC(C)c1cc(C(C)C)cc(-n2c(-c3[c-]c(-c4cccc(-c5ccccc5O)n4)ccc3)nc3ccccc32)c1.CC(C)c1cc(C(C)C)cc(-n2c(-c3[c-]cccc3)nc3c(-c4cccc(-c5ccccc5O)n4)cccc32)c1.Cc1cc(-c2ccccc2O)nc(-c2[c-]c(C3=NC=CC3)ccc2)c1-c1cc(C(C)C)cc(C(C)C)c1.Oc1cc2ccccc2cc1-c1cccc(-c2[c-]c(C3=NC=CC3)ccc2)n1.[Pt].[Pt].[Pt].[Pt]. The van der Waals surface area contributed by atoms with E-state index in [1.807, 2.05) is 213 Å². The molecule has 756 valence electrons. The Kier molecular flexibility index (Phi) is 35.6. The Morgan fingerprint density at radius 2 is 0.651 bits per heavy atom. The second-order valence-electron chi connectivity index (χ2n) is 38.8. The molecule has 18 heteroatoms. The van der Waals surface area contributed by atoms with Gasteiger partial charge in [0, 0.05) is 153 Å². The number of fused-ring (bicyclic) bond motifs is 3. The summed E-state index contributed by atoms with van der Waals surface area (Å²) in [5, 5.41) is 44.1. The molecule has 14 aromatic carbocycles. The maximum absolute atomic E-state index is 10.6. The van der Waals surface area contributed by atoms with Crippen molar-refractivity contribution >= 4 is 44.3 Å². The van der Waals surface area contributed by atoms with Gasteiger partial charge in [0.1, 0.15) is 23.0 Å². The van der Waals surface area contributed by atoms with Crippen LogP contribution in [0.2, 0.25) is 0 Å². The summed E-state index contributed by atoms with van der Waals surface area (Å²) in [6.07, 6.45) is 9.43. The van der Waals surface area contributed by atoms with E-state index in [9.17, 15) is 20.4 Å². The van der Waals surface area contributed by atoms with Crippen LogP contribution in [0.4, 0.5) is 0 Å². The van der Waals surface area contributed by atoms with Gasteiger partial charge in [0.05, 0.1) is 62.2 Å². The van der Waals surface area contributed by atoms with Gasteiger partial charge in [-0.05, 0) is 249 Å². The average Bonchev–Trinajstić information content (AvgIpc) is 1.59. The second-order valence-corrected chi connectivity index (χ2v) is 38.8. The number of hydrogen-bond acceptors (Lipinski definition) is 12. The topological polar surface area (TPSA) is 193 Å². The molecule has 0 atom stereocenters. The number of rotatable bonds is 21. The first kappa shape index (κ1) is 109. The fraction of sp³-hybridized carbons (Fsp3) is 0.160. The first-order valence-electron chi connectivity index (χ1n) is 49.8. The van der Waals surface area contributed by atoms with Gasteiger partial charge in [0.25, 0.3) is 0 Å². The second kappa shape index (κ2) is 48.7. The van der Waals surface area contributed by atoms with Crippen molar-refractivity contribution in [2.24, 2.45) is 9.98 Å². The monoisotopic (exact) mass is 2670 g/mol. The molecule has 2 aliphatic rings. The van der Waals surface area contributed by atoms with Gasteiger partial charge >= 0.3 is 0 Å². The third-order valence-electron chi connectivity index (χ3n) is 26.7. The number of phenols is 4. The van der Waals surface area contributed by atoms with E-state index < -0.39 is 0 Å². The minimum Gasteiger partial charge on any atom is -0.507 e. The summed E-state index contributed by atoms with van der Waals surface area (Å²) < 4.78 is 4.52. The van der Waals surface area contributed by atoms with Crippen molar-refractivity contribution in [3.8, 4) is 158 Å². The van der Waals surface area contributed by atoms with Crippen LogP contribution in [0.3, 0.4) is 0 Å². The predicted molar refractivity (Wildman–Crippen MR) is 595 cm³/mol. The number of para-hydroxylation sites is 6. The van der Waals surface area contributed by atoms with Crippen molar-refractivity contribution in [2.75, 3.05) is 0 Å². The molecule has 0 saturated carbocycles. The van der Waals surface area contributed by atoms with Gasteiger partial charge in [-0.15, -0.1) is 120 Å². The van der Waals surface area contributed by atoms with E-state index in [1.165, 1.54) is 33.4 Å². The molecule has 0 fully saturated rings. The van der Waals surface area contributed by atoms with Crippen LogP contribution >= 0.6 is 0 Å². The quantitative estimate of drug-likeness (QED) is 0.0503. The molecule has 0 unspecified atom stereocenters. The first-order valence-corrected chi connectivity index (χ1v) is 49.8. The summed E-state index contributed by atoms with van der Waals surface area (Å²) in [5.41, 5.74) is 35.8. The summed E-state index contributed by atoms with van der Waals surface area (Å²) in [6.45, 7) is 29.0. The first-order chi connectivity index (χ1) is 70.4. The van der Waals surface area contributed by atoms with E-state index in [-0.39, 0.29) is 107 Å². The maximum Gasteiger partial charge on any atom is 0.125 e. The van der Waals surface area contributed by atoms with Crippen molar-refractivity contribution < 1.29 is 105 Å². The van der Waals surface area contributed by atoms with Gasteiger partial charge in [-0.25, -0.2) is 4.98 Å². The van der Waals surface area contributed by atoms with E-state index in [1.54, 1.807) is 24.3 Å². The van der Waals surface area contributed by atoms with Gasteiger partial charge in [-0.2, -0.15) is 0 Å². The van der Waals surface area contributed by atoms with Crippen LogP contribution in [-0.4, -0.2) is 70.9 Å². The molecule has 0 spiro atoms. The number of imidazole rings is 2. The zero-order chi connectivity index (χ0) is 101. The zero-order valence-corrected chi connectivity index (χ0v) is 94.2. The molecule has 0 radical (unpaired) electrons. The Morgan fingerprint density at radius 1 is 0.282 bits per heavy atom. The number of aromatic hydroxyl groups is 4. The van der Waals surface area contributed by atoms with E-state index in [4.69, 9.17) is 29.9 Å². The number of nitrogens with zero attached hydrogens (tertiary/aromatic N) is 10. The van der Waals surface area contributed by atoms with E-state index >= 15 is 0 Å². The van der Waals surface area contributed by atoms with E-state index in [0.29, 0.717) is 52.3 Å². The van der Waals surface area contributed by atoms with Crippen molar-refractivity contribution in [2.45, 2.75) is 138 Å². The molecule has 149 heavy (non-hydrogen) atoms. The van der Waals surface area contributed by atoms with Crippen molar-refractivity contribution in [3.05, 3.63) is 445 Å². The molecular formula is C131H114N10O4Pt4-4. The smallest absolute Gasteiger partial charge is 0.125 e. The molecular weight excluding hydrogens is 2560 g/mol. The summed E-state index contributed by atoms with van der Waals surface area (Å²) in [7, 11) is 0. The fourth-order valence-electron chi connectivity index (χ4n) is 18.6. The molecule has 0 saturated heterocycles. The number of phenolic OH excluding ortho intramolecular Hbond substituents is 4. The van der Waals surface area contributed by atoms with Crippen LogP contribution in [0.5, 0.6) is 23.0 Å². The molecule has 14 nitrogen and oxygen atoms in total. The van der Waals surface area contributed by atoms with Crippen LogP contribution in [0.1, 0.15) is 182 Å². The summed E-state index contributed by atoms with van der Waals surface area (Å²) in [6, 6.07) is 129. The third-order valence-corrected chi connectivity index (χ3v) is 26.7. The molecule has 20 aromatic rings. The van der Waals surface area contributed by atoms with Gasteiger partial charge in [-0.3, -0.25) is 34.9 Å². The molecule has 22 rings (SSSR count). The number of benzene rings is 14. The normalized spacial score (nSPS) is 11.9. The molecule has 8 heterocycles. The minimum atomic E-state index is 0. The Morgan fingerprint density at radius 3 is 1.14 bits per heavy atom. The third kappa shape index (κ3) is 24.3. The molecule has 0 bridgehead atoms. The zero-order valence-electron chi connectivity index (χ0n) is 85.1.